The molecule has 0 aliphatic heterocycles. The van der Waals surface area contributed by atoms with Crippen LogP contribution >= 0.6 is 0 Å². The SMILES string of the molecule is Cc1ccc(OCc2cc([N+](=O)[O-])ccc2NN)cc1F. The fourth-order valence-electron chi connectivity index (χ4n) is 1.78. The van der Waals surface area contributed by atoms with E-state index in [0.29, 0.717) is 22.6 Å². The second-order valence-electron chi connectivity index (χ2n) is 4.44. The van der Waals surface area contributed by atoms with Gasteiger partial charge < -0.3 is 10.2 Å². The van der Waals surface area contributed by atoms with Crippen LogP contribution in [0.25, 0.3) is 0 Å². The van der Waals surface area contributed by atoms with Crippen molar-refractivity contribution in [2.45, 2.75) is 13.5 Å². The van der Waals surface area contributed by atoms with E-state index in [1.54, 1.807) is 19.1 Å². The topological polar surface area (TPSA) is 90.4 Å². The van der Waals surface area contributed by atoms with Gasteiger partial charge in [0.1, 0.15) is 18.2 Å². The number of benzene rings is 2. The maximum Gasteiger partial charge on any atom is 0.269 e. The zero-order valence-corrected chi connectivity index (χ0v) is 11.3. The lowest BCUT2D eigenvalue weighted by Crippen LogP contribution is -2.10. The Kier molecular flexibility index (Phi) is 4.34. The van der Waals surface area contributed by atoms with Crippen LogP contribution in [0, 0.1) is 22.9 Å². The van der Waals surface area contributed by atoms with Gasteiger partial charge >= 0.3 is 0 Å². The third-order valence-electron chi connectivity index (χ3n) is 2.99. The zero-order valence-electron chi connectivity index (χ0n) is 11.3. The summed E-state index contributed by atoms with van der Waals surface area (Å²) >= 11 is 0. The molecule has 110 valence electrons. The van der Waals surface area contributed by atoms with E-state index >= 15 is 0 Å². The number of ether oxygens (including phenoxy) is 1. The lowest BCUT2D eigenvalue weighted by Gasteiger charge is -2.11. The van der Waals surface area contributed by atoms with Crippen LogP contribution < -0.4 is 16.0 Å². The molecule has 7 heteroatoms. The Morgan fingerprint density at radius 1 is 1.33 bits per heavy atom. The first-order chi connectivity index (χ1) is 10.0. The highest BCUT2D eigenvalue weighted by Gasteiger charge is 2.11. The first-order valence-electron chi connectivity index (χ1n) is 6.14. The van der Waals surface area contributed by atoms with Crippen LogP contribution in [0.2, 0.25) is 0 Å². The summed E-state index contributed by atoms with van der Waals surface area (Å²) in [6.07, 6.45) is 0. The molecule has 0 saturated carbocycles. The number of aryl methyl sites for hydroxylation is 1. The fraction of sp³-hybridized carbons (Fsp3) is 0.143. The number of hydrazine groups is 1. The van der Waals surface area contributed by atoms with Gasteiger partial charge in [0, 0.05) is 23.8 Å². The van der Waals surface area contributed by atoms with E-state index in [-0.39, 0.29) is 18.1 Å². The molecule has 2 aromatic rings. The van der Waals surface area contributed by atoms with Crippen LogP contribution in [0.1, 0.15) is 11.1 Å². The largest absolute Gasteiger partial charge is 0.489 e. The minimum atomic E-state index is -0.505. The highest BCUT2D eigenvalue weighted by atomic mass is 19.1. The van der Waals surface area contributed by atoms with E-state index in [9.17, 15) is 14.5 Å². The number of nitrogens with two attached hydrogens (primary N) is 1. The van der Waals surface area contributed by atoms with Crippen LogP contribution in [-0.2, 0) is 6.61 Å². The predicted octanol–water partition coefficient (Wildman–Crippen LogP) is 2.91. The van der Waals surface area contributed by atoms with Crippen molar-refractivity contribution in [2.75, 3.05) is 5.43 Å². The summed E-state index contributed by atoms with van der Waals surface area (Å²) in [6.45, 7) is 1.68. The first kappa shape index (κ1) is 14.7. The van der Waals surface area contributed by atoms with Crippen molar-refractivity contribution >= 4 is 11.4 Å². The van der Waals surface area contributed by atoms with Crippen LogP contribution in [0.3, 0.4) is 0 Å². The smallest absolute Gasteiger partial charge is 0.269 e. The van der Waals surface area contributed by atoms with Gasteiger partial charge in [0.15, 0.2) is 0 Å². The minimum Gasteiger partial charge on any atom is -0.489 e. The fourth-order valence-corrected chi connectivity index (χ4v) is 1.78. The van der Waals surface area contributed by atoms with Gasteiger partial charge in [0.25, 0.3) is 5.69 Å². The molecule has 0 aromatic heterocycles. The number of rotatable bonds is 5. The third-order valence-corrected chi connectivity index (χ3v) is 2.99. The Morgan fingerprint density at radius 2 is 2.10 bits per heavy atom. The molecule has 0 bridgehead atoms. The molecular weight excluding hydrogens is 277 g/mol. The van der Waals surface area contributed by atoms with Gasteiger partial charge in [-0.15, -0.1) is 0 Å². The van der Waals surface area contributed by atoms with Gasteiger partial charge in [-0.3, -0.25) is 16.0 Å². The van der Waals surface area contributed by atoms with Gasteiger partial charge in [-0.05, 0) is 24.6 Å². The maximum absolute atomic E-state index is 13.4. The van der Waals surface area contributed by atoms with Crippen molar-refractivity contribution < 1.29 is 14.1 Å². The summed E-state index contributed by atoms with van der Waals surface area (Å²) in [5.74, 6) is 5.32. The highest BCUT2D eigenvalue weighted by Crippen LogP contribution is 2.24. The number of nitro benzene ring substituents is 1. The molecule has 0 spiro atoms. The summed E-state index contributed by atoms with van der Waals surface area (Å²) in [7, 11) is 0. The van der Waals surface area contributed by atoms with E-state index in [1.807, 2.05) is 0 Å². The third kappa shape index (κ3) is 3.46. The molecule has 0 saturated heterocycles. The molecule has 21 heavy (non-hydrogen) atoms. The van der Waals surface area contributed by atoms with E-state index in [0.717, 1.165) is 0 Å². The number of hydrogen-bond acceptors (Lipinski definition) is 5. The molecule has 3 N–H and O–H groups in total. The molecule has 2 rings (SSSR count). The number of nitrogens with zero attached hydrogens (tertiary/aromatic N) is 1. The monoisotopic (exact) mass is 291 g/mol. The Bertz CT molecular complexity index is 677. The van der Waals surface area contributed by atoms with Crippen LogP contribution in [0.15, 0.2) is 36.4 Å². The molecule has 0 aliphatic carbocycles. The second-order valence-corrected chi connectivity index (χ2v) is 4.44. The van der Waals surface area contributed by atoms with Crippen LogP contribution in [0.5, 0.6) is 5.75 Å². The summed E-state index contributed by atoms with van der Waals surface area (Å²) in [4.78, 5) is 10.3. The average molecular weight is 291 g/mol. The quantitative estimate of drug-likeness (QED) is 0.502. The molecule has 0 heterocycles. The predicted molar refractivity (Wildman–Crippen MR) is 76.4 cm³/mol. The number of nitro groups is 1. The molecular formula is C14H14FN3O3. The number of nitrogens with one attached hydrogen (secondary N) is 1. The van der Waals surface area contributed by atoms with Crippen molar-refractivity contribution in [3.05, 3.63) is 63.5 Å². The number of non-ortho nitro benzene ring substituents is 1. The van der Waals surface area contributed by atoms with Crippen molar-refractivity contribution in [3.8, 4) is 5.75 Å². The standard InChI is InChI=1S/C14H14FN3O3/c1-9-2-4-12(7-13(9)15)21-8-10-6-11(18(19)20)3-5-14(10)17-16/h2-7,17H,8,16H2,1H3. The van der Waals surface area contributed by atoms with Gasteiger partial charge in [-0.25, -0.2) is 4.39 Å². The summed E-state index contributed by atoms with van der Waals surface area (Å²) in [5.41, 5.74) is 3.91. The Labute approximate surface area is 120 Å². The highest BCUT2D eigenvalue weighted by molar-refractivity contribution is 5.55. The maximum atomic E-state index is 13.4. The number of anilines is 1. The Hall–Kier alpha value is -2.67. The van der Waals surface area contributed by atoms with E-state index in [4.69, 9.17) is 10.6 Å². The molecule has 0 unspecified atom stereocenters. The number of halogens is 1. The molecule has 0 amide bonds. The van der Waals surface area contributed by atoms with Crippen molar-refractivity contribution in [3.63, 3.8) is 0 Å². The average Bonchev–Trinajstić information content (AvgIpc) is 2.48. The van der Waals surface area contributed by atoms with Crippen molar-refractivity contribution in [2.24, 2.45) is 5.84 Å². The summed E-state index contributed by atoms with van der Waals surface area (Å²) < 4.78 is 18.9. The summed E-state index contributed by atoms with van der Waals surface area (Å²) in [6, 6.07) is 8.68. The Balaban J connectivity index is 2.19. The van der Waals surface area contributed by atoms with Crippen molar-refractivity contribution in [1.29, 1.82) is 0 Å². The number of nitrogen functional groups attached to an aromatic ring is 1. The first-order valence-corrected chi connectivity index (χ1v) is 6.14. The van der Waals surface area contributed by atoms with Crippen LogP contribution in [0.4, 0.5) is 15.8 Å². The lowest BCUT2D eigenvalue weighted by atomic mass is 10.1. The molecule has 0 atom stereocenters. The molecule has 0 aliphatic rings. The van der Waals surface area contributed by atoms with Gasteiger partial charge in [0.05, 0.1) is 10.6 Å². The van der Waals surface area contributed by atoms with Crippen LogP contribution in [-0.4, -0.2) is 4.92 Å². The number of hydrogen-bond donors (Lipinski definition) is 2. The second kappa shape index (κ2) is 6.19. The lowest BCUT2D eigenvalue weighted by molar-refractivity contribution is -0.384. The van der Waals surface area contributed by atoms with E-state index in [1.165, 1.54) is 24.3 Å². The molecule has 0 fully saturated rings. The van der Waals surface area contributed by atoms with E-state index < -0.39 is 4.92 Å². The normalized spacial score (nSPS) is 10.2. The molecule has 6 nitrogen and oxygen atoms in total. The van der Waals surface area contributed by atoms with E-state index in [2.05, 4.69) is 5.43 Å². The minimum absolute atomic E-state index is 0.0315. The van der Waals surface area contributed by atoms with Gasteiger partial charge in [-0.2, -0.15) is 0 Å². The zero-order chi connectivity index (χ0) is 15.4. The van der Waals surface area contributed by atoms with Gasteiger partial charge in [0.2, 0.25) is 0 Å². The molecule has 2 aromatic carbocycles. The Morgan fingerprint density at radius 3 is 2.71 bits per heavy atom. The molecule has 0 radical (unpaired) electrons. The van der Waals surface area contributed by atoms with Crippen molar-refractivity contribution in [1.82, 2.24) is 0 Å². The van der Waals surface area contributed by atoms with Gasteiger partial charge in [-0.1, -0.05) is 6.07 Å². The summed E-state index contributed by atoms with van der Waals surface area (Å²) in [5, 5.41) is 10.8.